The van der Waals surface area contributed by atoms with Crippen molar-refractivity contribution < 1.29 is 14.6 Å². The van der Waals surface area contributed by atoms with E-state index >= 15 is 0 Å². The number of aliphatic hydroxyl groups is 1. The molecule has 1 N–H and O–H groups in total. The van der Waals surface area contributed by atoms with Gasteiger partial charge in [-0.1, -0.05) is 12.1 Å². The zero-order chi connectivity index (χ0) is 15.2. The van der Waals surface area contributed by atoms with Gasteiger partial charge in [0.1, 0.15) is 0 Å². The summed E-state index contributed by atoms with van der Waals surface area (Å²) >= 11 is 1.40. The van der Waals surface area contributed by atoms with Gasteiger partial charge in [0.05, 0.1) is 24.5 Å². The number of benzene rings is 1. The summed E-state index contributed by atoms with van der Waals surface area (Å²) < 4.78 is 4.94. The van der Waals surface area contributed by atoms with Crippen LogP contribution in [0.2, 0.25) is 0 Å². The van der Waals surface area contributed by atoms with Crippen LogP contribution in [0.5, 0.6) is 0 Å². The lowest BCUT2D eigenvalue weighted by Gasteiger charge is -2.06. The number of aliphatic hydroxyl groups excluding tert-OH is 1. The minimum atomic E-state index is -0.404. The van der Waals surface area contributed by atoms with Gasteiger partial charge in [-0.25, -0.2) is 14.8 Å². The van der Waals surface area contributed by atoms with E-state index in [1.165, 1.54) is 18.0 Å². The van der Waals surface area contributed by atoms with Crippen molar-refractivity contribution >= 4 is 17.7 Å². The fraction of sp³-hybridized carbons (Fsp3) is 0.267. The molecule has 2 rings (SSSR count). The van der Waals surface area contributed by atoms with Crippen LogP contribution in [0.25, 0.3) is 0 Å². The number of aromatic nitrogens is 2. The highest BCUT2D eigenvalue weighted by atomic mass is 32.2. The van der Waals surface area contributed by atoms with Crippen LogP contribution in [0.4, 0.5) is 0 Å². The molecule has 5 nitrogen and oxygen atoms in total. The summed E-state index contributed by atoms with van der Waals surface area (Å²) in [6, 6.07) is 7.49. The Morgan fingerprint density at radius 1 is 1.33 bits per heavy atom. The number of hydrogen-bond donors (Lipinski definition) is 1. The molecule has 0 spiro atoms. The van der Waals surface area contributed by atoms with Crippen LogP contribution < -0.4 is 0 Å². The van der Waals surface area contributed by atoms with E-state index in [0.717, 1.165) is 10.5 Å². The van der Waals surface area contributed by atoms with Crippen molar-refractivity contribution in [1.82, 2.24) is 9.97 Å². The Morgan fingerprint density at radius 2 is 2.05 bits per heavy atom. The zero-order valence-electron chi connectivity index (χ0n) is 11.9. The molecule has 0 unspecified atom stereocenters. The predicted octanol–water partition coefficient (Wildman–Crippen LogP) is 2.61. The molecule has 1 aromatic heterocycles. The minimum Gasteiger partial charge on any atom is -0.462 e. The summed E-state index contributed by atoms with van der Waals surface area (Å²) in [5.41, 5.74) is 1.84. The van der Waals surface area contributed by atoms with Crippen molar-refractivity contribution in [2.45, 2.75) is 30.5 Å². The van der Waals surface area contributed by atoms with Gasteiger partial charge >= 0.3 is 5.97 Å². The molecule has 0 fully saturated rings. The van der Waals surface area contributed by atoms with E-state index in [-0.39, 0.29) is 6.61 Å². The number of ether oxygens (including phenoxy) is 1. The van der Waals surface area contributed by atoms with Gasteiger partial charge in [-0.15, -0.1) is 0 Å². The topological polar surface area (TPSA) is 72.3 Å². The van der Waals surface area contributed by atoms with Gasteiger partial charge in [-0.05, 0) is 43.3 Å². The molecule has 110 valence electrons. The molecule has 2 aromatic rings. The quantitative estimate of drug-likeness (QED) is 0.676. The van der Waals surface area contributed by atoms with Crippen LogP contribution in [0.1, 0.15) is 28.5 Å². The Morgan fingerprint density at radius 3 is 2.62 bits per heavy atom. The van der Waals surface area contributed by atoms with E-state index in [0.29, 0.717) is 23.0 Å². The van der Waals surface area contributed by atoms with Crippen LogP contribution in [0.15, 0.2) is 40.5 Å². The third kappa shape index (κ3) is 4.03. The summed E-state index contributed by atoms with van der Waals surface area (Å²) in [5.74, 6) is -0.404. The van der Waals surface area contributed by atoms with E-state index < -0.39 is 5.97 Å². The van der Waals surface area contributed by atoms with Gasteiger partial charge in [0.2, 0.25) is 0 Å². The Balaban J connectivity index is 2.14. The molecular weight excluding hydrogens is 288 g/mol. The molecule has 21 heavy (non-hydrogen) atoms. The predicted molar refractivity (Wildman–Crippen MR) is 79.2 cm³/mol. The number of nitrogens with zero attached hydrogens (tertiary/aromatic N) is 2. The highest BCUT2D eigenvalue weighted by molar-refractivity contribution is 7.99. The summed E-state index contributed by atoms with van der Waals surface area (Å²) in [7, 11) is 0. The van der Waals surface area contributed by atoms with E-state index in [1.54, 1.807) is 13.8 Å². The summed E-state index contributed by atoms with van der Waals surface area (Å²) in [4.78, 5) is 21.1. The number of carbonyl (C=O) groups excluding carboxylic acids is 1. The standard InChI is InChI=1S/C15H16N2O3S/c1-3-20-14(19)13-8-16-15(17-10(13)2)21-12-6-4-11(9-18)5-7-12/h4-8,18H,3,9H2,1-2H3. The molecule has 6 heteroatoms. The fourth-order valence-corrected chi connectivity index (χ4v) is 2.44. The van der Waals surface area contributed by atoms with Crippen LogP contribution in [0.3, 0.4) is 0 Å². The van der Waals surface area contributed by atoms with E-state index in [1.807, 2.05) is 24.3 Å². The largest absolute Gasteiger partial charge is 0.462 e. The molecule has 0 aliphatic carbocycles. The van der Waals surface area contributed by atoms with E-state index in [2.05, 4.69) is 9.97 Å². The van der Waals surface area contributed by atoms with Crippen molar-refractivity contribution in [3.63, 3.8) is 0 Å². The van der Waals surface area contributed by atoms with Gasteiger partial charge in [-0.2, -0.15) is 0 Å². The van der Waals surface area contributed by atoms with Crippen molar-refractivity contribution in [1.29, 1.82) is 0 Å². The smallest absolute Gasteiger partial charge is 0.341 e. The molecule has 0 aliphatic heterocycles. The minimum absolute atomic E-state index is 0.0226. The number of hydrogen-bond acceptors (Lipinski definition) is 6. The molecule has 0 atom stereocenters. The first-order chi connectivity index (χ1) is 10.1. The Labute approximate surface area is 127 Å². The van der Waals surface area contributed by atoms with E-state index in [4.69, 9.17) is 9.84 Å². The molecule has 0 bridgehead atoms. The maximum Gasteiger partial charge on any atom is 0.341 e. The van der Waals surface area contributed by atoms with Crippen LogP contribution >= 0.6 is 11.8 Å². The fourth-order valence-electron chi connectivity index (χ4n) is 1.67. The second-order valence-electron chi connectivity index (χ2n) is 4.28. The van der Waals surface area contributed by atoms with Crippen molar-refractivity contribution in [2.24, 2.45) is 0 Å². The first kappa shape index (κ1) is 15.5. The average molecular weight is 304 g/mol. The Bertz CT molecular complexity index is 629. The van der Waals surface area contributed by atoms with Crippen molar-refractivity contribution in [2.75, 3.05) is 6.61 Å². The number of carbonyl (C=O) groups is 1. The Hall–Kier alpha value is -1.92. The van der Waals surface area contributed by atoms with Crippen LogP contribution in [0, 0.1) is 6.92 Å². The number of aryl methyl sites for hydroxylation is 1. The molecule has 1 heterocycles. The van der Waals surface area contributed by atoms with Gasteiger partial charge < -0.3 is 9.84 Å². The monoisotopic (exact) mass is 304 g/mol. The lowest BCUT2D eigenvalue weighted by atomic mass is 10.2. The van der Waals surface area contributed by atoms with Crippen molar-refractivity contribution in [3.05, 3.63) is 47.3 Å². The number of esters is 1. The first-order valence-corrected chi connectivity index (χ1v) is 7.34. The molecular formula is C15H16N2O3S. The highest BCUT2D eigenvalue weighted by Crippen LogP contribution is 2.25. The van der Waals surface area contributed by atoms with Crippen LogP contribution in [-0.2, 0) is 11.3 Å². The molecule has 0 saturated carbocycles. The summed E-state index contributed by atoms with van der Waals surface area (Å²) in [6.45, 7) is 3.86. The maximum absolute atomic E-state index is 11.7. The SMILES string of the molecule is CCOC(=O)c1cnc(Sc2ccc(CO)cc2)nc1C. The van der Waals surface area contributed by atoms with E-state index in [9.17, 15) is 4.79 Å². The zero-order valence-corrected chi connectivity index (χ0v) is 12.7. The lowest BCUT2D eigenvalue weighted by molar-refractivity contribution is 0.0524. The first-order valence-electron chi connectivity index (χ1n) is 6.52. The summed E-state index contributed by atoms with van der Waals surface area (Å²) in [6.07, 6.45) is 1.49. The second-order valence-corrected chi connectivity index (χ2v) is 5.32. The average Bonchev–Trinajstić information content (AvgIpc) is 2.48. The Kier molecular flexibility index (Phi) is 5.30. The third-order valence-corrected chi connectivity index (χ3v) is 3.65. The molecule has 0 saturated heterocycles. The molecule has 0 amide bonds. The molecule has 0 radical (unpaired) electrons. The van der Waals surface area contributed by atoms with Gasteiger partial charge in [0, 0.05) is 11.1 Å². The molecule has 0 aliphatic rings. The second kappa shape index (κ2) is 7.19. The lowest BCUT2D eigenvalue weighted by Crippen LogP contribution is -2.09. The normalized spacial score (nSPS) is 10.4. The van der Waals surface area contributed by atoms with Gasteiger partial charge in [0.15, 0.2) is 5.16 Å². The van der Waals surface area contributed by atoms with Gasteiger partial charge in [-0.3, -0.25) is 0 Å². The number of rotatable bonds is 5. The summed E-state index contributed by atoms with van der Waals surface area (Å²) in [5, 5.41) is 9.57. The highest BCUT2D eigenvalue weighted by Gasteiger charge is 2.13. The van der Waals surface area contributed by atoms with Crippen LogP contribution in [-0.4, -0.2) is 27.7 Å². The van der Waals surface area contributed by atoms with Crippen molar-refractivity contribution in [3.8, 4) is 0 Å². The maximum atomic E-state index is 11.7. The third-order valence-electron chi connectivity index (χ3n) is 2.77. The van der Waals surface area contributed by atoms with Gasteiger partial charge in [0.25, 0.3) is 0 Å². The molecule has 1 aromatic carbocycles.